The van der Waals surface area contributed by atoms with Gasteiger partial charge in [-0.05, 0) is 15.9 Å². The van der Waals surface area contributed by atoms with Crippen molar-refractivity contribution in [1.82, 2.24) is 14.6 Å². The second-order valence-electron chi connectivity index (χ2n) is 2.24. The third-order valence-corrected chi connectivity index (χ3v) is 2.59. The van der Waals surface area contributed by atoms with E-state index in [0.717, 1.165) is 4.52 Å². The smallest absolute Gasteiger partial charge is 0.197 e. The number of hydrogen-bond acceptors (Lipinski definition) is 2. The molecule has 2 heterocycles. The lowest BCUT2D eigenvalue weighted by Gasteiger charge is -1.99. The van der Waals surface area contributed by atoms with E-state index in [-0.39, 0.29) is 10.3 Å². The molecule has 0 aromatic carbocycles. The minimum Gasteiger partial charge on any atom is -0.212 e. The van der Waals surface area contributed by atoms with E-state index in [2.05, 4.69) is 26.0 Å². The molecular formula is C6HBrCl2FN3. The topological polar surface area (TPSA) is 30.2 Å². The number of nitrogens with zero attached hydrogens (tertiary/aromatic N) is 3. The minimum absolute atomic E-state index is 0.180. The summed E-state index contributed by atoms with van der Waals surface area (Å²) >= 11 is 14.3. The molecule has 68 valence electrons. The van der Waals surface area contributed by atoms with Crippen molar-refractivity contribution < 1.29 is 4.39 Å². The van der Waals surface area contributed by atoms with Gasteiger partial charge in [0, 0.05) is 0 Å². The lowest BCUT2D eigenvalue weighted by Crippen LogP contribution is -1.96. The third kappa shape index (κ3) is 1.31. The molecule has 0 amide bonds. The molecule has 2 aromatic heterocycles. The van der Waals surface area contributed by atoms with Crippen LogP contribution in [0.5, 0.6) is 0 Å². The van der Waals surface area contributed by atoms with Crippen LogP contribution in [-0.2, 0) is 0 Å². The molecule has 0 radical (unpaired) electrons. The van der Waals surface area contributed by atoms with Gasteiger partial charge in [-0.2, -0.15) is 9.61 Å². The van der Waals surface area contributed by atoms with Crippen molar-refractivity contribution in [3.63, 3.8) is 0 Å². The first-order chi connectivity index (χ1) is 6.11. The Labute approximate surface area is 90.6 Å². The van der Waals surface area contributed by atoms with Crippen molar-refractivity contribution in [2.75, 3.05) is 0 Å². The molecule has 0 fully saturated rings. The van der Waals surface area contributed by atoms with Crippen LogP contribution < -0.4 is 0 Å². The van der Waals surface area contributed by atoms with Gasteiger partial charge >= 0.3 is 0 Å². The Balaban J connectivity index is 2.96. The van der Waals surface area contributed by atoms with E-state index in [9.17, 15) is 4.39 Å². The van der Waals surface area contributed by atoms with E-state index >= 15 is 0 Å². The molecule has 0 N–H and O–H groups in total. The molecule has 0 unspecified atom stereocenters. The fourth-order valence-corrected chi connectivity index (χ4v) is 1.67. The van der Waals surface area contributed by atoms with E-state index in [4.69, 9.17) is 23.2 Å². The zero-order valence-electron chi connectivity index (χ0n) is 5.93. The zero-order chi connectivity index (χ0) is 9.59. The molecule has 0 aliphatic carbocycles. The van der Waals surface area contributed by atoms with Crippen LogP contribution in [0.25, 0.3) is 5.65 Å². The van der Waals surface area contributed by atoms with Gasteiger partial charge in [-0.15, -0.1) is 0 Å². The largest absolute Gasteiger partial charge is 0.212 e. The molecule has 0 saturated carbocycles. The summed E-state index contributed by atoms with van der Waals surface area (Å²) in [5, 5.41) is 3.35. The van der Waals surface area contributed by atoms with Gasteiger partial charge in [0.15, 0.2) is 21.8 Å². The lowest BCUT2D eigenvalue weighted by atomic mass is 10.6. The Hall–Kier alpha value is -0.390. The Bertz CT molecular complexity index is 484. The SMILES string of the molecule is Fc1c(Cl)nc2c(Br)cnn2c1Cl. The highest BCUT2D eigenvalue weighted by molar-refractivity contribution is 9.10. The van der Waals surface area contributed by atoms with Crippen molar-refractivity contribution in [2.45, 2.75) is 0 Å². The summed E-state index contributed by atoms with van der Waals surface area (Å²) in [5.74, 6) is -0.772. The number of hydrogen-bond donors (Lipinski definition) is 0. The second-order valence-corrected chi connectivity index (χ2v) is 3.81. The number of rotatable bonds is 0. The third-order valence-electron chi connectivity index (χ3n) is 1.45. The molecule has 0 bridgehead atoms. The van der Waals surface area contributed by atoms with Crippen molar-refractivity contribution in [2.24, 2.45) is 0 Å². The first-order valence-corrected chi connectivity index (χ1v) is 4.70. The molecular weight excluding hydrogens is 284 g/mol. The molecule has 13 heavy (non-hydrogen) atoms. The minimum atomic E-state index is -0.772. The summed E-state index contributed by atoms with van der Waals surface area (Å²) in [5.41, 5.74) is 0.386. The van der Waals surface area contributed by atoms with Crippen molar-refractivity contribution >= 4 is 44.8 Å². The van der Waals surface area contributed by atoms with E-state index in [1.807, 2.05) is 0 Å². The van der Waals surface area contributed by atoms with Gasteiger partial charge in [0.2, 0.25) is 0 Å². The van der Waals surface area contributed by atoms with E-state index < -0.39 is 5.82 Å². The molecule has 0 saturated heterocycles. The summed E-state index contributed by atoms with van der Waals surface area (Å²) in [6.07, 6.45) is 1.46. The Kier molecular flexibility index (Phi) is 2.17. The van der Waals surface area contributed by atoms with Crippen LogP contribution in [0.1, 0.15) is 0 Å². The van der Waals surface area contributed by atoms with Crippen molar-refractivity contribution in [3.05, 3.63) is 26.8 Å². The standard InChI is InChI=1S/C6HBrCl2FN3/c7-2-1-11-13-5(9)3(10)4(8)12-6(2)13/h1H. The van der Waals surface area contributed by atoms with Crippen LogP contribution in [0, 0.1) is 5.82 Å². The van der Waals surface area contributed by atoms with Gasteiger partial charge in [-0.25, -0.2) is 9.37 Å². The maximum atomic E-state index is 13.1. The first kappa shape index (κ1) is 9.18. The van der Waals surface area contributed by atoms with Gasteiger partial charge in [0.05, 0.1) is 10.7 Å². The highest BCUT2D eigenvalue weighted by Crippen LogP contribution is 2.25. The molecule has 0 aliphatic rings. The number of fused-ring (bicyclic) bond motifs is 1. The molecule has 2 rings (SSSR count). The summed E-state index contributed by atoms with van der Waals surface area (Å²) in [6, 6.07) is 0. The molecule has 2 aromatic rings. The van der Waals surface area contributed by atoms with Crippen molar-refractivity contribution in [1.29, 1.82) is 0 Å². The summed E-state index contributed by atoms with van der Waals surface area (Å²) < 4.78 is 14.8. The van der Waals surface area contributed by atoms with Gasteiger partial charge in [0.1, 0.15) is 0 Å². The van der Waals surface area contributed by atoms with Gasteiger partial charge < -0.3 is 0 Å². The lowest BCUT2D eigenvalue weighted by molar-refractivity contribution is 0.608. The van der Waals surface area contributed by atoms with E-state index in [1.165, 1.54) is 6.20 Å². The second kappa shape index (κ2) is 3.08. The average molecular weight is 285 g/mol. The van der Waals surface area contributed by atoms with Crippen LogP contribution in [0.15, 0.2) is 10.7 Å². The summed E-state index contributed by atoms with van der Waals surface area (Å²) in [4.78, 5) is 3.76. The van der Waals surface area contributed by atoms with Crippen LogP contribution in [0.4, 0.5) is 4.39 Å². The number of halogens is 4. The molecule has 0 atom stereocenters. The summed E-state index contributed by atoms with van der Waals surface area (Å²) in [7, 11) is 0. The fourth-order valence-electron chi connectivity index (χ4n) is 0.887. The molecule has 0 aliphatic heterocycles. The highest BCUT2D eigenvalue weighted by Gasteiger charge is 2.14. The van der Waals surface area contributed by atoms with Crippen LogP contribution in [0.3, 0.4) is 0 Å². The summed E-state index contributed by atoms with van der Waals surface area (Å²) in [6.45, 7) is 0. The van der Waals surface area contributed by atoms with Gasteiger partial charge in [0.25, 0.3) is 0 Å². The Morgan fingerprint density at radius 1 is 1.46 bits per heavy atom. The Morgan fingerprint density at radius 2 is 2.15 bits per heavy atom. The predicted octanol–water partition coefficient (Wildman–Crippen LogP) is 2.94. The first-order valence-electron chi connectivity index (χ1n) is 3.15. The quantitative estimate of drug-likeness (QED) is 0.697. The maximum absolute atomic E-state index is 13.1. The maximum Gasteiger partial charge on any atom is 0.197 e. The number of aromatic nitrogens is 3. The zero-order valence-corrected chi connectivity index (χ0v) is 9.03. The molecule has 0 spiro atoms. The van der Waals surface area contributed by atoms with E-state index in [0.29, 0.717) is 10.1 Å². The fraction of sp³-hybridized carbons (Fsp3) is 0. The normalized spacial score (nSPS) is 11.1. The van der Waals surface area contributed by atoms with E-state index in [1.54, 1.807) is 0 Å². The van der Waals surface area contributed by atoms with Crippen LogP contribution in [0.2, 0.25) is 10.3 Å². The van der Waals surface area contributed by atoms with Crippen LogP contribution in [-0.4, -0.2) is 14.6 Å². The molecule has 7 heteroatoms. The van der Waals surface area contributed by atoms with Gasteiger partial charge in [-0.3, -0.25) is 0 Å². The Morgan fingerprint density at radius 3 is 2.85 bits per heavy atom. The van der Waals surface area contributed by atoms with Crippen molar-refractivity contribution in [3.8, 4) is 0 Å². The monoisotopic (exact) mass is 283 g/mol. The predicted molar refractivity (Wildman–Crippen MR) is 50.7 cm³/mol. The van der Waals surface area contributed by atoms with Gasteiger partial charge in [-0.1, -0.05) is 23.2 Å². The van der Waals surface area contributed by atoms with Crippen LogP contribution >= 0.6 is 39.1 Å². The molecule has 3 nitrogen and oxygen atoms in total. The average Bonchev–Trinajstić information content (AvgIpc) is 2.45. The highest BCUT2D eigenvalue weighted by atomic mass is 79.9.